The number of hydrogen-bond acceptors (Lipinski definition) is 5. The Morgan fingerprint density at radius 3 is 3.00 bits per heavy atom. The number of nitrogens with zero attached hydrogens (tertiary/aromatic N) is 2. The highest BCUT2D eigenvalue weighted by atomic mass is 16.3. The largest absolute Gasteiger partial charge is 0.395 e. The maximum atomic E-state index is 8.44. The Morgan fingerprint density at radius 2 is 2.56 bits per heavy atom. The second kappa shape index (κ2) is 2.65. The van der Waals surface area contributed by atoms with E-state index < -0.39 is 0 Å². The standard InChI is InChI=1S/C4H10N4O/c1-4-5-7-8(6-4)2-3-9/h7,9H,2-3H2,1H3,(H,5,6). The Bertz CT molecular complexity index is 124. The van der Waals surface area contributed by atoms with Gasteiger partial charge in [-0.1, -0.05) is 0 Å². The normalized spacial score (nSPS) is 18.7. The van der Waals surface area contributed by atoms with Crippen LogP contribution in [0.5, 0.6) is 0 Å². The number of aliphatic hydroxyl groups excluding tert-OH is 1. The molecule has 0 saturated heterocycles. The highest BCUT2D eigenvalue weighted by molar-refractivity contribution is 5.79. The van der Waals surface area contributed by atoms with Gasteiger partial charge in [0.25, 0.3) is 0 Å². The number of nitrogens with one attached hydrogen (secondary N) is 2. The van der Waals surface area contributed by atoms with Gasteiger partial charge in [0.05, 0.1) is 13.2 Å². The monoisotopic (exact) mass is 130 g/mol. The molecule has 0 radical (unpaired) electrons. The number of aliphatic hydroxyl groups is 1. The van der Waals surface area contributed by atoms with E-state index in [1.807, 2.05) is 6.92 Å². The van der Waals surface area contributed by atoms with E-state index in [2.05, 4.69) is 16.1 Å². The summed E-state index contributed by atoms with van der Waals surface area (Å²) in [5.74, 6) is 0.809. The van der Waals surface area contributed by atoms with Gasteiger partial charge < -0.3 is 5.11 Å². The molecule has 0 fully saturated rings. The summed E-state index contributed by atoms with van der Waals surface area (Å²) in [6.45, 7) is 2.48. The molecule has 1 rings (SSSR count). The van der Waals surface area contributed by atoms with Crippen LogP contribution < -0.4 is 11.0 Å². The van der Waals surface area contributed by atoms with E-state index in [4.69, 9.17) is 5.11 Å². The lowest BCUT2D eigenvalue weighted by Gasteiger charge is -2.12. The second-order valence-corrected chi connectivity index (χ2v) is 1.78. The molecule has 0 unspecified atom stereocenters. The van der Waals surface area contributed by atoms with Crippen LogP contribution in [0, 0.1) is 0 Å². The number of β-amino-alcohol motifs (C(OH)–C–C–N with tert-alkyl or cyclic N) is 1. The van der Waals surface area contributed by atoms with Crippen LogP contribution in [0.1, 0.15) is 6.92 Å². The zero-order chi connectivity index (χ0) is 6.69. The zero-order valence-electron chi connectivity index (χ0n) is 5.26. The lowest BCUT2D eigenvalue weighted by Crippen LogP contribution is -2.42. The summed E-state index contributed by atoms with van der Waals surface area (Å²) in [5.41, 5.74) is 5.52. The van der Waals surface area contributed by atoms with Gasteiger partial charge in [-0.2, -0.15) is 0 Å². The first-order valence-corrected chi connectivity index (χ1v) is 2.78. The van der Waals surface area contributed by atoms with Crippen LogP contribution in [0.3, 0.4) is 0 Å². The predicted molar refractivity (Wildman–Crippen MR) is 33.2 cm³/mol. The highest BCUT2D eigenvalue weighted by Gasteiger charge is 2.07. The number of hydrogen-bond donors (Lipinski definition) is 3. The third-order valence-electron chi connectivity index (χ3n) is 0.959. The molecule has 0 aromatic heterocycles. The van der Waals surface area contributed by atoms with Crippen molar-refractivity contribution >= 4 is 5.84 Å². The zero-order valence-corrected chi connectivity index (χ0v) is 5.26. The molecule has 0 amide bonds. The van der Waals surface area contributed by atoms with Crippen LogP contribution in [-0.2, 0) is 0 Å². The van der Waals surface area contributed by atoms with Crippen molar-refractivity contribution in [3.05, 3.63) is 0 Å². The average molecular weight is 130 g/mol. The third kappa shape index (κ3) is 1.55. The van der Waals surface area contributed by atoms with Crippen molar-refractivity contribution < 1.29 is 5.11 Å². The van der Waals surface area contributed by atoms with Gasteiger partial charge in [-0.05, 0) is 6.92 Å². The lowest BCUT2D eigenvalue weighted by molar-refractivity contribution is 0.135. The first kappa shape index (κ1) is 6.31. The van der Waals surface area contributed by atoms with Gasteiger partial charge in [-0.3, -0.25) is 5.43 Å². The molecule has 0 bridgehead atoms. The summed E-state index contributed by atoms with van der Waals surface area (Å²) in [6, 6.07) is 0. The van der Waals surface area contributed by atoms with Gasteiger partial charge >= 0.3 is 0 Å². The predicted octanol–water partition coefficient (Wildman–Crippen LogP) is -1.36. The van der Waals surface area contributed by atoms with Crippen LogP contribution >= 0.6 is 0 Å². The summed E-state index contributed by atoms with van der Waals surface area (Å²) < 4.78 is 0. The molecule has 1 aliphatic heterocycles. The molecule has 1 aliphatic rings. The van der Waals surface area contributed by atoms with Crippen LogP contribution in [0.15, 0.2) is 5.10 Å². The maximum absolute atomic E-state index is 8.44. The van der Waals surface area contributed by atoms with Crippen molar-refractivity contribution in [2.75, 3.05) is 13.2 Å². The molecule has 0 aliphatic carbocycles. The minimum atomic E-state index is 0.114. The van der Waals surface area contributed by atoms with Gasteiger partial charge in [0.15, 0.2) is 0 Å². The Hall–Kier alpha value is -0.810. The van der Waals surface area contributed by atoms with Crippen molar-refractivity contribution in [1.82, 2.24) is 16.1 Å². The van der Waals surface area contributed by atoms with Crippen LogP contribution in [0.2, 0.25) is 0 Å². The maximum Gasteiger partial charge on any atom is 0.136 e. The molecule has 3 N–H and O–H groups in total. The summed E-state index contributed by atoms with van der Waals surface area (Å²) in [4.78, 5) is 0. The molecule has 0 aromatic carbocycles. The van der Waals surface area contributed by atoms with E-state index in [0.717, 1.165) is 5.84 Å². The van der Waals surface area contributed by atoms with Crippen molar-refractivity contribution in [3.8, 4) is 0 Å². The molecule has 5 nitrogen and oxygen atoms in total. The van der Waals surface area contributed by atoms with Crippen molar-refractivity contribution in [3.63, 3.8) is 0 Å². The van der Waals surface area contributed by atoms with Crippen LogP contribution in [-0.4, -0.2) is 29.2 Å². The van der Waals surface area contributed by atoms with Crippen LogP contribution in [0.25, 0.3) is 0 Å². The molecular formula is C4H10N4O. The summed E-state index contributed by atoms with van der Waals surface area (Å²) >= 11 is 0. The minimum Gasteiger partial charge on any atom is -0.395 e. The smallest absolute Gasteiger partial charge is 0.136 e. The van der Waals surface area contributed by atoms with Gasteiger partial charge in [-0.25, -0.2) is 5.53 Å². The van der Waals surface area contributed by atoms with E-state index >= 15 is 0 Å². The van der Waals surface area contributed by atoms with E-state index in [1.54, 1.807) is 5.12 Å². The van der Waals surface area contributed by atoms with E-state index in [-0.39, 0.29) is 6.61 Å². The van der Waals surface area contributed by atoms with E-state index in [0.29, 0.717) is 6.54 Å². The summed E-state index contributed by atoms with van der Waals surface area (Å²) in [6.07, 6.45) is 0. The summed E-state index contributed by atoms with van der Waals surface area (Å²) in [5, 5.41) is 13.9. The number of amidine groups is 1. The number of rotatable bonds is 2. The third-order valence-corrected chi connectivity index (χ3v) is 0.959. The van der Waals surface area contributed by atoms with Gasteiger partial charge in [0.1, 0.15) is 5.84 Å². The topological polar surface area (TPSA) is 59.9 Å². The van der Waals surface area contributed by atoms with Crippen molar-refractivity contribution in [2.24, 2.45) is 5.10 Å². The first-order valence-electron chi connectivity index (χ1n) is 2.78. The highest BCUT2D eigenvalue weighted by Crippen LogP contribution is 1.84. The fourth-order valence-electron chi connectivity index (χ4n) is 0.587. The fraction of sp³-hybridized carbons (Fsp3) is 0.750. The lowest BCUT2D eigenvalue weighted by atomic mass is 10.7. The van der Waals surface area contributed by atoms with Gasteiger partial charge in [-0.15, -0.1) is 10.2 Å². The Balaban J connectivity index is 2.21. The molecular weight excluding hydrogens is 120 g/mol. The van der Waals surface area contributed by atoms with E-state index in [9.17, 15) is 0 Å². The van der Waals surface area contributed by atoms with Gasteiger partial charge in [0.2, 0.25) is 0 Å². The van der Waals surface area contributed by atoms with Crippen LogP contribution in [0.4, 0.5) is 0 Å². The molecule has 9 heavy (non-hydrogen) atoms. The van der Waals surface area contributed by atoms with Crippen molar-refractivity contribution in [1.29, 1.82) is 0 Å². The Morgan fingerprint density at radius 1 is 1.78 bits per heavy atom. The molecule has 0 saturated carbocycles. The average Bonchev–Trinajstić information content (AvgIpc) is 2.17. The quantitative estimate of drug-likeness (QED) is 0.432. The number of hydrazine groups is 2. The molecule has 0 aromatic rings. The van der Waals surface area contributed by atoms with E-state index in [1.165, 1.54) is 0 Å². The molecule has 1 heterocycles. The molecule has 0 atom stereocenters. The molecule has 0 spiro atoms. The Labute approximate surface area is 53.3 Å². The number of hydrazone groups is 1. The van der Waals surface area contributed by atoms with Gasteiger partial charge in [0, 0.05) is 0 Å². The minimum absolute atomic E-state index is 0.114. The molecule has 5 heteroatoms. The first-order chi connectivity index (χ1) is 4.33. The fourth-order valence-corrected chi connectivity index (χ4v) is 0.587. The Kier molecular flexibility index (Phi) is 1.86. The summed E-state index contributed by atoms with van der Waals surface area (Å²) in [7, 11) is 0. The SMILES string of the molecule is CC1=NNN(CCO)N1. The van der Waals surface area contributed by atoms with Crippen molar-refractivity contribution in [2.45, 2.75) is 6.92 Å². The molecule has 52 valence electrons. The second-order valence-electron chi connectivity index (χ2n) is 1.78.